The van der Waals surface area contributed by atoms with Gasteiger partial charge in [-0.05, 0) is 96.1 Å². The highest BCUT2D eigenvalue weighted by Crippen LogP contribution is 2.41. The van der Waals surface area contributed by atoms with Gasteiger partial charge in [0.1, 0.15) is 0 Å². The first-order chi connectivity index (χ1) is 10.7. The first kappa shape index (κ1) is 12.9. The summed E-state index contributed by atoms with van der Waals surface area (Å²) >= 11 is 3.82. The average molecular weight is 320 g/mol. The molecule has 1 aliphatic rings. The lowest BCUT2D eigenvalue weighted by atomic mass is 9.84. The van der Waals surface area contributed by atoms with Gasteiger partial charge in [0, 0.05) is 19.2 Å². The maximum Gasteiger partial charge on any atom is 0.0351 e. The van der Waals surface area contributed by atoms with E-state index in [2.05, 4.69) is 50.2 Å². The van der Waals surface area contributed by atoms with E-state index in [0.717, 1.165) is 0 Å². The number of fused-ring (bicyclic) bond motifs is 5. The summed E-state index contributed by atoms with van der Waals surface area (Å²) in [6.45, 7) is 4.41. The summed E-state index contributed by atoms with van der Waals surface area (Å²) in [5.41, 5.74) is 5.96. The van der Waals surface area contributed by atoms with Crippen LogP contribution in [0.25, 0.3) is 31.3 Å². The molecule has 2 aromatic carbocycles. The molecule has 0 radical (unpaired) electrons. The summed E-state index contributed by atoms with van der Waals surface area (Å²) in [4.78, 5) is 2.81. The number of rotatable bonds is 0. The fraction of sp³-hybridized carbons (Fsp3) is 0.200. The van der Waals surface area contributed by atoms with Gasteiger partial charge in [0.25, 0.3) is 0 Å². The van der Waals surface area contributed by atoms with E-state index in [1.54, 1.807) is 0 Å². The zero-order chi connectivity index (χ0) is 14.8. The predicted molar refractivity (Wildman–Crippen MR) is 99.5 cm³/mol. The lowest BCUT2D eigenvalue weighted by molar-refractivity contribution is 0.947. The summed E-state index contributed by atoms with van der Waals surface area (Å²) in [6, 6.07) is 14.3. The van der Waals surface area contributed by atoms with Crippen molar-refractivity contribution < 1.29 is 0 Å². The fourth-order valence-electron chi connectivity index (χ4n) is 3.72. The van der Waals surface area contributed by atoms with Crippen LogP contribution in [0.2, 0.25) is 0 Å². The zero-order valence-electron chi connectivity index (χ0n) is 12.7. The molecule has 0 saturated carbocycles. The smallest absolute Gasteiger partial charge is 0.0351 e. The second-order valence-electron chi connectivity index (χ2n) is 6.31. The van der Waals surface area contributed by atoms with Crippen LogP contribution >= 0.6 is 22.7 Å². The molecule has 0 amide bonds. The summed E-state index contributed by atoms with van der Waals surface area (Å²) in [7, 11) is 0. The first-order valence-electron chi connectivity index (χ1n) is 7.74. The van der Waals surface area contributed by atoms with Crippen molar-refractivity contribution in [3.63, 3.8) is 0 Å². The van der Waals surface area contributed by atoms with Gasteiger partial charge in [-0.15, -0.1) is 22.7 Å². The van der Waals surface area contributed by atoms with Gasteiger partial charge in [0.15, 0.2) is 0 Å². The SMILES string of the molecule is Cc1cc2cc3c(cc2s1)-c1cc2sc(C)cc2cc1CC3. The molecule has 0 nitrogen and oxygen atoms in total. The standard InChI is InChI=1S/C20H16S2/c1-11-5-15-7-13-3-4-14-8-16-6-12(2)22-20(16)10-18(14)17(13)9-19(15)21-11/h5-10H,3-4H2,1-2H3. The van der Waals surface area contributed by atoms with E-state index >= 15 is 0 Å². The number of benzene rings is 2. The summed E-state index contributed by atoms with van der Waals surface area (Å²) in [6.07, 6.45) is 2.34. The maximum atomic E-state index is 2.42. The van der Waals surface area contributed by atoms with Crippen molar-refractivity contribution in [2.75, 3.05) is 0 Å². The van der Waals surface area contributed by atoms with Gasteiger partial charge in [0.2, 0.25) is 0 Å². The number of aryl methyl sites for hydroxylation is 4. The Morgan fingerprint density at radius 1 is 0.636 bits per heavy atom. The quantitative estimate of drug-likeness (QED) is 0.347. The van der Waals surface area contributed by atoms with E-state index in [9.17, 15) is 0 Å². The maximum absolute atomic E-state index is 2.42. The molecule has 4 aromatic rings. The van der Waals surface area contributed by atoms with E-state index in [-0.39, 0.29) is 0 Å². The Morgan fingerprint density at radius 3 is 1.55 bits per heavy atom. The van der Waals surface area contributed by atoms with Crippen molar-refractivity contribution in [1.29, 1.82) is 0 Å². The topological polar surface area (TPSA) is 0 Å². The molecule has 0 N–H and O–H groups in total. The van der Waals surface area contributed by atoms with Crippen LogP contribution in [-0.2, 0) is 12.8 Å². The van der Waals surface area contributed by atoms with Crippen molar-refractivity contribution in [3.8, 4) is 11.1 Å². The van der Waals surface area contributed by atoms with Crippen LogP contribution in [-0.4, -0.2) is 0 Å². The zero-order valence-corrected chi connectivity index (χ0v) is 14.3. The molecule has 5 rings (SSSR count). The Morgan fingerprint density at radius 2 is 1.09 bits per heavy atom. The molecule has 2 heterocycles. The van der Waals surface area contributed by atoms with Gasteiger partial charge in [-0.3, -0.25) is 0 Å². The van der Waals surface area contributed by atoms with Crippen LogP contribution < -0.4 is 0 Å². The third-order valence-electron chi connectivity index (χ3n) is 4.68. The van der Waals surface area contributed by atoms with Gasteiger partial charge in [-0.25, -0.2) is 0 Å². The minimum absolute atomic E-state index is 1.17. The lowest BCUT2D eigenvalue weighted by Gasteiger charge is -2.20. The van der Waals surface area contributed by atoms with Crippen molar-refractivity contribution in [1.82, 2.24) is 0 Å². The fourth-order valence-corrected chi connectivity index (χ4v) is 5.61. The van der Waals surface area contributed by atoms with Crippen molar-refractivity contribution in [2.24, 2.45) is 0 Å². The van der Waals surface area contributed by atoms with Crippen LogP contribution in [0, 0.1) is 13.8 Å². The van der Waals surface area contributed by atoms with Gasteiger partial charge >= 0.3 is 0 Å². The molecule has 1 aliphatic carbocycles. The molecule has 0 spiro atoms. The third kappa shape index (κ3) is 1.81. The monoisotopic (exact) mass is 320 g/mol. The van der Waals surface area contributed by atoms with Crippen LogP contribution in [0.15, 0.2) is 36.4 Å². The Kier molecular flexibility index (Phi) is 2.59. The minimum Gasteiger partial charge on any atom is -0.141 e. The Bertz CT molecular complexity index is 961. The largest absolute Gasteiger partial charge is 0.141 e. The van der Waals surface area contributed by atoms with Crippen LogP contribution in [0.1, 0.15) is 20.9 Å². The molecule has 0 unspecified atom stereocenters. The molecule has 0 bridgehead atoms. The highest BCUT2D eigenvalue weighted by molar-refractivity contribution is 7.19. The van der Waals surface area contributed by atoms with Crippen LogP contribution in [0.5, 0.6) is 0 Å². The molecular weight excluding hydrogens is 304 g/mol. The first-order valence-corrected chi connectivity index (χ1v) is 9.37. The Labute approximate surface area is 138 Å². The molecule has 108 valence electrons. The van der Waals surface area contributed by atoms with E-state index in [1.165, 1.54) is 65.0 Å². The van der Waals surface area contributed by atoms with Crippen LogP contribution in [0.4, 0.5) is 0 Å². The van der Waals surface area contributed by atoms with Crippen molar-refractivity contribution in [2.45, 2.75) is 26.7 Å². The molecule has 2 aromatic heterocycles. The minimum atomic E-state index is 1.17. The van der Waals surface area contributed by atoms with Crippen molar-refractivity contribution in [3.05, 3.63) is 57.3 Å². The number of hydrogen-bond donors (Lipinski definition) is 0. The average Bonchev–Trinajstić information content (AvgIpc) is 3.02. The van der Waals surface area contributed by atoms with E-state index in [4.69, 9.17) is 0 Å². The summed E-state index contributed by atoms with van der Waals surface area (Å²) in [5.74, 6) is 0. The lowest BCUT2D eigenvalue weighted by Crippen LogP contribution is -2.03. The molecule has 0 fully saturated rings. The summed E-state index contributed by atoms with van der Waals surface area (Å²) < 4.78 is 2.85. The van der Waals surface area contributed by atoms with E-state index in [0.29, 0.717) is 0 Å². The highest BCUT2D eigenvalue weighted by atomic mass is 32.1. The predicted octanol–water partition coefficient (Wildman–Crippen LogP) is 6.50. The second-order valence-corrected chi connectivity index (χ2v) is 8.88. The van der Waals surface area contributed by atoms with E-state index in [1.807, 2.05) is 22.7 Å². The highest BCUT2D eigenvalue weighted by Gasteiger charge is 2.18. The molecule has 2 heteroatoms. The van der Waals surface area contributed by atoms with Crippen LogP contribution in [0.3, 0.4) is 0 Å². The number of thiophene rings is 2. The molecule has 0 aliphatic heterocycles. The molecule has 22 heavy (non-hydrogen) atoms. The molecular formula is C20H16S2. The van der Waals surface area contributed by atoms with Crippen molar-refractivity contribution >= 4 is 42.8 Å². The van der Waals surface area contributed by atoms with Gasteiger partial charge in [-0.1, -0.05) is 0 Å². The third-order valence-corrected chi connectivity index (χ3v) is 6.71. The molecule has 0 saturated heterocycles. The Hall–Kier alpha value is -1.64. The van der Waals surface area contributed by atoms with E-state index < -0.39 is 0 Å². The van der Waals surface area contributed by atoms with Gasteiger partial charge in [-0.2, -0.15) is 0 Å². The number of hydrogen-bond acceptors (Lipinski definition) is 2. The normalized spacial score (nSPS) is 13.5. The molecule has 0 atom stereocenters. The summed E-state index contributed by atoms with van der Waals surface area (Å²) in [5, 5.41) is 2.83. The van der Waals surface area contributed by atoms with Gasteiger partial charge < -0.3 is 0 Å². The second kappa shape index (κ2) is 4.43. The van der Waals surface area contributed by atoms with Gasteiger partial charge in [0.05, 0.1) is 0 Å². The Balaban J connectivity index is 1.83.